The number of methoxy groups -OCH3 is 1. The van der Waals surface area contributed by atoms with Crippen LogP contribution < -0.4 is 25.2 Å². The molecule has 1 heterocycles. The van der Waals surface area contributed by atoms with Crippen LogP contribution in [-0.4, -0.2) is 57.8 Å². The third-order valence-electron chi connectivity index (χ3n) is 4.54. The van der Waals surface area contributed by atoms with Gasteiger partial charge in [0.25, 0.3) is 5.91 Å². The smallest absolute Gasteiger partial charge is 0.321 e. The third kappa shape index (κ3) is 5.94. The summed E-state index contributed by atoms with van der Waals surface area (Å²) in [6.45, 7) is 7.67. The van der Waals surface area contributed by atoms with Crippen LogP contribution in [0.3, 0.4) is 0 Å². The second kappa shape index (κ2) is 9.27. The predicted molar refractivity (Wildman–Crippen MR) is 97.2 cm³/mol. The molecule has 0 bridgehead atoms. The molecule has 1 aromatic rings. The van der Waals surface area contributed by atoms with Crippen molar-refractivity contribution in [1.29, 1.82) is 0 Å². The van der Waals surface area contributed by atoms with Gasteiger partial charge in [0.15, 0.2) is 6.54 Å². The maximum absolute atomic E-state index is 12.0. The van der Waals surface area contributed by atoms with Crippen LogP contribution in [-0.2, 0) is 4.79 Å². The van der Waals surface area contributed by atoms with Gasteiger partial charge < -0.3 is 19.9 Å². The number of hydrogen-bond acceptors (Lipinski definition) is 4. The molecule has 1 fully saturated rings. The number of ether oxygens (including phenoxy) is 1. The van der Waals surface area contributed by atoms with Crippen molar-refractivity contribution in [1.82, 2.24) is 10.6 Å². The number of anilines is 1. The van der Waals surface area contributed by atoms with Gasteiger partial charge in [0.05, 0.1) is 33.3 Å². The summed E-state index contributed by atoms with van der Waals surface area (Å²) < 4.78 is 5.27. The molecule has 0 unspecified atom stereocenters. The first-order valence-electron chi connectivity index (χ1n) is 8.84. The van der Waals surface area contributed by atoms with E-state index in [0.29, 0.717) is 6.54 Å². The average Bonchev–Trinajstić information content (AvgIpc) is 2.62. The molecule has 1 atom stereocenters. The standard InChI is InChI=1S/C18H28N4O3/c1-4-14(2)19-18(24)20-17(23)13-21-8-10-22(11-9-21)15-6-5-7-16(12-15)25-3/h5-7,12,14H,4,8-11,13H2,1-3H3,(H2,19,20,23,24)/p+1/t14-/m1/s1. The average molecular weight is 349 g/mol. The fourth-order valence-corrected chi connectivity index (χ4v) is 2.82. The Hall–Kier alpha value is -2.28. The van der Waals surface area contributed by atoms with E-state index >= 15 is 0 Å². The zero-order chi connectivity index (χ0) is 18.2. The molecule has 1 aromatic carbocycles. The largest absolute Gasteiger partial charge is 0.497 e. The molecule has 25 heavy (non-hydrogen) atoms. The Bertz CT molecular complexity index is 585. The van der Waals surface area contributed by atoms with Gasteiger partial charge in [-0.2, -0.15) is 0 Å². The third-order valence-corrected chi connectivity index (χ3v) is 4.54. The minimum atomic E-state index is -0.409. The van der Waals surface area contributed by atoms with E-state index in [4.69, 9.17) is 4.74 Å². The molecule has 7 heteroatoms. The van der Waals surface area contributed by atoms with Crippen LogP contribution in [0.5, 0.6) is 5.75 Å². The molecule has 3 amide bonds. The van der Waals surface area contributed by atoms with Crippen molar-refractivity contribution in [2.45, 2.75) is 26.3 Å². The van der Waals surface area contributed by atoms with E-state index in [2.05, 4.69) is 21.6 Å². The molecule has 0 spiro atoms. The molecule has 2 rings (SSSR count). The number of quaternary nitrogens is 1. The molecule has 1 aliphatic heterocycles. The van der Waals surface area contributed by atoms with Crippen LogP contribution >= 0.6 is 0 Å². The number of urea groups is 1. The second-order valence-corrected chi connectivity index (χ2v) is 6.45. The van der Waals surface area contributed by atoms with Gasteiger partial charge in [0.2, 0.25) is 0 Å². The van der Waals surface area contributed by atoms with Crippen molar-refractivity contribution in [3.63, 3.8) is 0 Å². The summed E-state index contributed by atoms with van der Waals surface area (Å²) >= 11 is 0. The van der Waals surface area contributed by atoms with Gasteiger partial charge in [-0.15, -0.1) is 0 Å². The molecule has 1 saturated heterocycles. The van der Waals surface area contributed by atoms with Gasteiger partial charge in [-0.25, -0.2) is 4.79 Å². The van der Waals surface area contributed by atoms with Crippen LogP contribution in [0, 0.1) is 0 Å². The van der Waals surface area contributed by atoms with Crippen molar-refractivity contribution in [2.75, 3.05) is 44.7 Å². The number of rotatable bonds is 6. The highest BCUT2D eigenvalue weighted by Gasteiger charge is 2.23. The van der Waals surface area contributed by atoms with Gasteiger partial charge in [-0.1, -0.05) is 13.0 Å². The molecule has 3 N–H and O–H groups in total. The lowest BCUT2D eigenvalue weighted by molar-refractivity contribution is -0.892. The van der Waals surface area contributed by atoms with Gasteiger partial charge in [-0.05, 0) is 25.5 Å². The Morgan fingerprint density at radius 3 is 2.68 bits per heavy atom. The van der Waals surface area contributed by atoms with Gasteiger partial charge in [-0.3, -0.25) is 10.1 Å². The SMILES string of the molecule is CC[C@@H](C)NC(=O)NC(=O)C[NH+]1CCN(c2cccc(OC)c2)CC1. The van der Waals surface area contributed by atoms with E-state index in [0.717, 1.165) is 44.0 Å². The maximum atomic E-state index is 12.0. The second-order valence-electron chi connectivity index (χ2n) is 6.45. The molecular formula is C18H29N4O3+. The van der Waals surface area contributed by atoms with Gasteiger partial charge in [0.1, 0.15) is 5.75 Å². The Kier molecular flexibility index (Phi) is 7.06. The molecule has 138 valence electrons. The van der Waals surface area contributed by atoms with Crippen molar-refractivity contribution in [3.8, 4) is 5.75 Å². The van der Waals surface area contributed by atoms with Crippen LogP contribution in [0.1, 0.15) is 20.3 Å². The summed E-state index contributed by atoms with van der Waals surface area (Å²) in [7, 11) is 1.66. The topological polar surface area (TPSA) is 75.1 Å². The number of piperazine rings is 1. The summed E-state index contributed by atoms with van der Waals surface area (Å²) in [4.78, 5) is 27.2. The van der Waals surface area contributed by atoms with E-state index in [-0.39, 0.29) is 11.9 Å². The van der Waals surface area contributed by atoms with E-state index in [9.17, 15) is 9.59 Å². The van der Waals surface area contributed by atoms with Gasteiger partial charge in [0, 0.05) is 17.8 Å². The van der Waals surface area contributed by atoms with Gasteiger partial charge >= 0.3 is 6.03 Å². The molecule has 0 saturated carbocycles. The van der Waals surface area contributed by atoms with E-state index in [1.807, 2.05) is 32.0 Å². The van der Waals surface area contributed by atoms with Crippen molar-refractivity contribution in [2.24, 2.45) is 0 Å². The predicted octanol–water partition coefficient (Wildman–Crippen LogP) is 0.0244. The monoisotopic (exact) mass is 349 g/mol. The quantitative estimate of drug-likeness (QED) is 0.677. The summed E-state index contributed by atoms with van der Waals surface area (Å²) in [5.41, 5.74) is 1.13. The zero-order valence-corrected chi connectivity index (χ0v) is 15.3. The van der Waals surface area contributed by atoms with Crippen LogP contribution in [0.2, 0.25) is 0 Å². The summed E-state index contributed by atoms with van der Waals surface area (Å²) in [5, 5.41) is 5.15. The number of nitrogens with one attached hydrogen (secondary N) is 3. The molecule has 7 nitrogen and oxygen atoms in total. The van der Waals surface area contributed by atoms with Crippen molar-refractivity contribution in [3.05, 3.63) is 24.3 Å². The van der Waals surface area contributed by atoms with E-state index in [1.54, 1.807) is 7.11 Å². The summed E-state index contributed by atoms with van der Waals surface area (Å²) in [6.07, 6.45) is 0.832. The van der Waals surface area contributed by atoms with Crippen LogP contribution in [0.25, 0.3) is 0 Å². The molecule has 0 aromatic heterocycles. The lowest BCUT2D eigenvalue weighted by atomic mass is 10.2. The van der Waals surface area contributed by atoms with Crippen LogP contribution in [0.4, 0.5) is 10.5 Å². The number of amides is 3. The van der Waals surface area contributed by atoms with Crippen molar-refractivity contribution >= 4 is 17.6 Å². The minimum Gasteiger partial charge on any atom is -0.497 e. The lowest BCUT2D eigenvalue weighted by Crippen LogP contribution is -3.16. The first-order valence-corrected chi connectivity index (χ1v) is 8.84. The molecule has 0 radical (unpaired) electrons. The first-order chi connectivity index (χ1) is 12.0. The highest BCUT2D eigenvalue weighted by molar-refractivity contribution is 5.94. The summed E-state index contributed by atoms with van der Waals surface area (Å²) in [5.74, 6) is 0.615. The lowest BCUT2D eigenvalue weighted by Gasteiger charge is -2.33. The molecular weight excluding hydrogens is 320 g/mol. The Morgan fingerprint density at radius 2 is 2.04 bits per heavy atom. The number of imide groups is 1. The Morgan fingerprint density at radius 1 is 1.32 bits per heavy atom. The zero-order valence-electron chi connectivity index (χ0n) is 15.3. The normalized spacial score (nSPS) is 16.2. The van der Waals surface area contributed by atoms with E-state index < -0.39 is 6.03 Å². The number of benzene rings is 1. The first kappa shape index (κ1) is 19.1. The number of nitrogens with zero attached hydrogens (tertiary/aromatic N) is 1. The minimum absolute atomic E-state index is 0.0616. The Balaban J connectivity index is 1.76. The molecule has 1 aliphatic rings. The Labute approximate surface area is 149 Å². The summed E-state index contributed by atoms with van der Waals surface area (Å²) in [6, 6.07) is 7.66. The number of carbonyl (C=O) groups excluding carboxylic acids is 2. The fraction of sp³-hybridized carbons (Fsp3) is 0.556. The number of carbonyl (C=O) groups is 2. The van der Waals surface area contributed by atoms with Crippen LogP contribution in [0.15, 0.2) is 24.3 Å². The van der Waals surface area contributed by atoms with Crippen molar-refractivity contribution < 1.29 is 19.2 Å². The molecule has 0 aliphatic carbocycles. The highest BCUT2D eigenvalue weighted by Crippen LogP contribution is 2.20. The highest BCUT2D eigenvalue weighted by atomic mass is 16.5. The fourth-order valence-electron chi connectivity index (χ4n) is 2.82. The maximum Gasteiger partial charge on any atom is 0.321 e. The van der Waals surface area contributed by atoms with E-state index in [1.165, 1.54) is 4.90 Å². The number of hydrogen-bond donors (Lipinski definition) is 3.